The van der Waals surface area contributed by atoms with Gasteiger partial charge in [0.15, 0.2) is 0 Å². The number of ether oxygens (including phenoxy) is 3. The van der Waals surface area contributed by atoms with Gasteiger partial charge in [-0.1, -0.05) is 61.0 Å². The number of benzene rings is 3. The maximum absolute atomic E-state index is 12.4. The van der Waals surface area contributed by atoms with Crippen LogP contribution in [0.2, 0.25) is 0 Å². The minimum absolute atomic E-state index is 0.0361. The highest BCUT2D eigenvalue weighted by Crippen LogP contribution is 2.41. The Morgan fingerprint density at radius 1 is 0.711 bits per heavy atom. The molecule has 0 aliphatic carbocycles. The zero-order valence-corrected chi connectivity index (χ0v) is 22.2. The van der Waals surface area contributed by atoms with Gasteiger partial charge in [0, 0.05) is 26.0 Å². The Labute approximate surface area is 224 Å². The van der Waals surface area contributed by atoms with Gasteiger partial charge in [-0.3, -0.25) is 9.59 Å². The highest BCUT2D eigenvalue weighted by molar-refractivity contribution is 5.75. The molecule has 3 aromatic carbocycles. The van der Waals surface area contributed by atoms with E-state index in [1.807, 2.05) is 78.9 Å². The molecule has 0 fully saturated rings. The number of nitrogens with one attached hydrogen (secondary N) is 1. The molecule has 1 amide bonds. The number of hydrogen-bond donors (Lipinski definition) is 2. The van der Waals surface area contributed by atoms with Gasteiger partial charge >= 0.3 is 5.97 Å². The quantitative estimate of drug-likeness (QED) is 0.190. The molecule has 0 spiro atoms. The summed E-state index contributed by atoms with van der Waals surface area (Å²) in [6.07, 6.45) is 3.21. The lowest BCUT2D eigenvalue weighted by Crippen LogP contribution is -2.33. The molecule has 0 bridgehead atoms. The smallest absolute Gasteiger partial charge is 0.303 e. The van der Waals surface area contributed by atoms with Gasteiger partial charge in [-0.15, -0.1) is 0 Å². The van der Waals surface area contributed by atoms with Crippen molar-refractivity contribution in [3.63, 3.8) is 0 Å². The fourth-order valence-electron chi connectivity index (χ4n) is 4.43. The molecule has 3 rings (SSSR count). The van der Waals surface area contributed by atoms with Crippen LogP contribution in [0.1, 0.15) is 55.2 Å². The third kappa shape index (κ3) is 7.83. The Morgan fingerprint density at radius 2 is 1.26 bits per heavy atom. The van der Waals surface area contributed by atoms with Crippen molar-refractivity contribution in [3.8, 4) is 11.5 Å². The molecule has 0 saturated carbocycles. The zero-order valence-electron chi connectivity index (χ0n) is 22.2. The summed E-state index contributed by atoms with van der Waals surface area (Å²) in [5, 5.41) is 11.6. The molecule has 0 aliphatic rings. The topological polar surface area (TPSA) is 94.1 Å². The summed E-state index contributed by atoms with van der Waals surface area (Å²) in [5.74, 6) is 0.686. The van der Waals surface area contributed by atoms with E-state index in [2.05, 4.69) is 5.32 Å². The van der Waals surface area contributed by atoms with E-state index in [0.29, 0.717) is 32.4 Å². The summed E-state index contributed by atoms with van der Waals surface area (Å²) in [6, 6.07) is 25.8. The van der Waals surface area contributed by atoms with Crippen molar-refractivity contribution in [2.45, 2.75) is 44.1 Å². The molecule has 2 N–H and O–H groups in total. The minimum atomic E-state index is -0.902. The second-order valence-corrected chi connectivity index (χ2v) is 9.01. The Kier molecular flexibility index (Phi) is 11.2. The van der Waals surface area contributed by atoms with Gasteiger partial charge in [-0.05, 0) is 60.2 Å². The molecule has 0 atom stereocenters. The van der Waals surface area contributed by atoms with E-state index in [4.69, 9.17) is 19.3 Å². The standard InChI is InChI=1S/C31H37NO6/c1-36-27-18-14-25(15-19-27)31(24-10-5-3-6-11-24,26-16-20-28(37-2)21-17-26)38-23-9-12-29(33)32-22-8-4-7-13-30(34)35/h3,5-6,10-11,14-21H,4,7-9,12-13,22-23H2,1-2H3,(H,32,33)(H,34,35). The average molecular weight is 520 g/mol. The van der Waals surface area contributed by atoms with E-state index >= 15 is 0 Å². The molecule has 0 saturated heterocycles. The Bertz CT molecular complexity index is 1080. The molecular formula is C31H37NO6. The van der Waals surface area contributed by atoms with Crippen molar-refractivity contribution in [2.75, 3.05) is 27.4 Å². The first-order chi connectivity index (χ1) is 18.5. The molecule has 7 heteroatoms. The molecule has 38 heavy (non-hydrogen) atoms. The predicted octanol–water partition coefficient (Wildman–Crippen LogP) is 5.55. The van der Waals surface area contributed by atoms with E-state index in [0.717, 1.165) is 41.0 Å². The average Bonchev–Trinajstić information content (AvgIpc) is 2.95. The van der Waals surface area contributed by atoms with Crippen LogP contribution in [0.25, 0.3) is 0 Å². The van der Waals surface area contributed by atoms with Crippen molar-refractivity contribution in [3.05, 3.63) is 95.6 Å². The lowest BCUT2D eigenvalue weighted by atomic mass is 9.80. The Balaban J connectivity index is 1.75. The van der Waals surface area contributed by atoms with Gasteiger partial charge in [-0.2, -0.15) is 0 Å². The lowest BCUT2D eigenvalue weighted by molar-refractivity contribution is -0.137. The number of carbonyl (C=O) groups is 2. The normalized spacial score (nSPS) is 11.1. The Morgan fingerprint density at radius 3 is 1.79 bits per heavy atom. The summed E-state index contributed by atoms with van der Waals surface area (Å²) in [6.45, 7) is 0.907. The highest BCUT2D eigenvalue weighted by Gasteiger charge is 2.37. The SMILES string of the molecule is COc1ccc(C(OCCCC(=O)NCCCCCC(=O)O)(c2ccccc2)c2ccc(OC)cc2)cc1. The Hall–Kier alpha value is -3.84. The van der Waals surface area contributed by atoms with Crippen molar-refractivity contribution in [2.24, 2.45) is 0 Å². The highest BCUT2D eigenvalue weighted by atomic mass is 16.5. The van der Waals surface area contributed by atoms with Gasteiger partial charge < -0.3 is 24.6 Å². The third-order valence-electron chi connectivity index (χ3n) is 6.43. The number of rotatable bonds is 16. The van der Waals surface area contributed by atoms with Gasteiger partial charge in [0.25, 0.3) is 0 Å². The van der Waals surface area contributed by atoms with Crippen molar-refractivity contribution in [1.29, 1.82) is 0 Å². The van der Waals surface area contributed by atoms with Crippen LogP contribution in [0.3, 0.4) is 0 Å². The second-order valence-electron chi connectivity index (χ2n) is 9.01. The monoisotopic (exact) mass is 519 g/mol. The molecular weight excluding hydrogens is 482 g/mol. The van der Waals surface area contributed by atoms with Crippen LogP contribution in [0.4, 0.5) is 0 Å². The molecule has 0 heterocycles. The summed E-state index contributed by atoms with van der Waals surface area (Å²) in [7, 11) is 3.28. The largest absolute Gasteiger partial charge is 0.497 e. The third-order valence-corrected chi connectivity index (χ3v) is 6.43. The number of amides is 1. The van der Waals surface area contributed by atoms with Crippen LogP contribution in [0.15, 0.2) is 78.9 Å². The second kappa shape index (κ2) is 14.8. The van der Waals surface area contributed by atoms with Crippen LogP contribution in [0, 0.1) is 0 Å². The molecule has 0 unspecified atom stereocenters. The van der Waals surface area contributed by atoms with Gasteiger partial charge in [-0.25, -0.2) is 0 Å². The van der Waals surface area contributed by atoms with E-state index < -0.39 is 11.6 Å². The lowest BCUT2D eigenvalue weighted by Gasteiger charge is -2.36. The van der Waals surface area contributed by atoms with Gasteiger partial charge in [0.1, 0.15) is 17.1 Å². The molecule has 7 nitrogen and oxygen atoms in total. The summed E-state index contributed by atoms with van der Waals surface area (Å²) < 4.78 is 17.5. The first kappa shape index (κ1) is 28.7. The van der Waals surface area contributed by atoms with E-state index in [-0.39, 0.29) is 12.3 Å². The number of methoxy groups -OCH3 is 2. The fraction of sp³-hybridized carbons (Fsp3) is 0.355. The summed E-state index contributed by atoms with van der Waals surface area (Å²) in [5.41, 5.74) is 1.96. The number of aliphatic carboxylic acids is 1. The van der Waals surface area contributed by atoms with Crippen LogP contribution < -0.4 is 14.8 Å². The molecule has 0 radical (unpaired) electrons. The van der Waals surface area contributed by atoms with E-state index in [1.54, 1.807) is 14.2 Å². The van der Waals surface area contributed by atoms with Gasteiger partial charge in [0.05, 0.1) is 14.2 Å². The first-order valence-electron chi connectivity index (χ1n) is 13.0. The number of carboxylic acids is 1. The maximum atomic E-state index is 12.4. The van der Waals surface area contributed by atoms with Crippen LogP contribution in [-0.2, 0) is 19.9 Å². The van der Waals surface area contributed by atoms with E-state index in [9.17, 15) is 9.59 Å². The number of hydrogen-bond acceptors (Lipinski definition) is 5. The number of carbonyl (C=O) groups excluding carboxylic acids is 1. The van der Waals surface area contributed by atoms with Crippen LogP contribution in [-0.4, -0.2) is 44.4 Å². The predicted molar refractivity (Wildman–Crippen MR) is 147 cm³/mol. The maximum Gasteiger partial charge on any atom is 0.303 e. The molecule has 3 aromatic rings. The summed E-state index contributed by atoms with van der Waals surface area (Å²) >= 11 is 0. The van der Waals surface area contributed by atoms with Crippen molar-refractivity contribution >= 4 is 11.9 Å². The van der Waals surface area contributed by atoms with Gasteiger partial charge in [0.2, 0.25) is 5.91 Å². The molecule has 0 aliphatic heterocycles. The molecule has 202 valence electrons. The minimum Gasteiger partial charge on any atom is -0.497 e. The summed E-state index contributed by atoms with van der Waals surface area (Å²) in [4.78, 5) is 23.0. The number of carboxylic acid groups (broad SMARTS) is 1. The first-order valence-corrected chi connectivity index (χ1v) is 13.0. The fourth-order valence-corrected chi connectivity index (χ4v) is 4.43. The molecule has 0 aromatic heterocycles. The van der Waals surface area contributed by atoms with E-state index in [1.165, 1.54) is 0 Å². The van der Waals surface area contributed by atoms with Crippen molar-refractivity contribution < 1.29 is 28.9 Å². The number of unbranched alkanes of at least 4 members (excludes halogenated alkanes) is 2. The van der Waals surface area contributed by atoms with Crippen LogP contribution in [0.5, 0.6) is 11.5 Å². The van der Waals surface area contributed by atoms with Crippen LogP contribution >= 0.6 is 0 Å². The zero-order chi connectivity index (χ0) is 27.2. The van der Waals surface area contributed by atoms with Crippen molar-refractivity contribution in [1.82, 2.24) is 5.32 Å².